The van der Waals surface area contributed by atoms with Gasteiger partial charge in [-0.3, -0.25) is 4.79 Å². The van der Waals surface area contributed by atoms with E-state index < -0.39 is 11.2 Å². The maximum Gasteiger partial charge on any atom is 0.230 e. The molecule has 0 aliphatic rings. The Kier molecular flexibility index (Phi) is 2.84. The van der Waals surface area contributed by atoms with Crippen LogP contribution in [0.2, 0.25) is 5.02 Å². The highest BCUT2D eigenvalue weighted by Gasteiger charge is 2.17. The van der Waals surface area contributed by atoms with E-state index in [4.69, 9.17) is 16.0 Å². The summed E-state index contributed by atoms with van der Waals surface area (Å²) in [6.07, 6.45) is 0. The number of rotatable bonds is 1. The van der Waals surface area contributed by atoms with Crippen LogP contribution in [0.3, 0.4) is 0 Å². The lowest BCUT2D eigenvalue weighted by atomic mass is 10.1. The van der Waals surface area contributed by atoms with Crippen LogP contribution in [0.15, 0.2) is 57.7 Å². The van der Waals surface area contributed by atoms with E-state index in [1.54, 1.807) is 42.5 Å². The van der Waals surface area contributed by atoms with Crippen LogP contribution in [0.25, 0.3) is 22.3 Å². The third-order valence-corrected chi connectivity index (χ3v) is 3.16. The Morgan fingerprint density at radius 2 is 1.74 bits per heavy atom. The van der Waals surface area contributed by atoms with Gasteiger partial charge >= 0.3 is 0 Å². The van der Waals surface area contributed by atoms with Crippen molar-refractivity contribution in [1.82, 2.24) is 0 Å². The zero-order valence-electron chi connectivity index (χ0n) is 9.69. The molecule has 0 amide bonds. The first-order valence-electron chi connectivity index (χ1n) is 5.65. The molecule has 0 N–H and O–H groups in total. The minimum Gasteiger partial charge on any atom is -0.453 e. The minimum atomic E-state index is -0.924. The number of hydrogen-bond acceptors (Lipinski definition) is 2. The van der Waals surface area contributed by atoms with Crippen LogP contribution >= 0.6 is 11.6 Å². The lowest BCUT2D eigenvalue weighted by Gasteiger charge is -2.05. The molecule has 0 saturated carbocycles. The summed E-state index contributed by atoms with van der Waals surface area (Å²) >= 11 is 5.91. The van der Waals surface area contributed by atoms with E-state index in [1.165, 1.54) is 6.07 Å². The van der Waals surface area contributed by atoms with E-state index in [2.05, 4.69) is 0 Å². The van der Waals surface area contributed by atoms with Crippen molar-refractivity contribution < 1.29 is 8.81 Å². The predicted octanol–water partition coefficient (Wildman–Crippen LogP) is 4.25. The highest BCUT2D eigenvalue weighted by molar-refractivity contribution is 6.35. The van der Waals surface area contributed by atoms with Crippen molar-refractivity contribution >= 4 is 22.6 Å². The topological polar surface area (TPSA) is 30.2 Å². The second kappa shape index (κ2) is 4.52. The van der Waals surface area contributed by atoms with Gasteiger partial charge in [0, 0.05) is 5.56 Å². The van der Waals surface area contributed by atoms with Gasteiger partial charge < -0.3 is 4.42 Å². The molecule has 1 aromatic heterocycles. The second-order valence-corrected chi connectivity index (χ2v) is 4.46. The van der Waals surface area contributed by atoms with E-state index in [0.29, 0.717) is 5.56 Å². The molecule has 2 nitrogen and oxygen atoms in total. The van der Waals surface area contributed by atoms with Gasteiger partial charge in [0.15, 0.2) is 5.76 Å². The number of benzene rings is 2. The average Bonchev–Trinajstić information content (AvgIpc) is 2.43. The molecule has 0 aliphatic heterocycles. The quantitative estimate of drug-likeness (QED) is 0.664. The molecule has 0 saturated heterocycles. The molecule has 19 heavy (non-hydrogen) atoms. The lowest BCUT2D eigenvalue weighted by Crippen LogP contribution is -2.08. The molecule has 94 valence electrons. The zero-order chi connectivity index (χ0) is 13.4. The molecule has 0 unspecified atom stereocenters. The Morgan fingerprint density at radius 3 is 2.47 bits per heavy atom. The van der Waals surface area contributed by atoms with Crippen LogP contribution in [0.1, 0.15) is 0 Å². The van der Waals surface area contributed by atoms with Crippen LogP contribution in [-0.4, -0.2) is 0 Å². The van der Waals surface area contributed by atoms with Gasteiger partial charge in [-0.15, -0.1) is 0 Å². The summed E-state index contributed by atoms with van der Waals surface area (Å²) in [4.78, 5) is 12.0. The molecule has 0 aliphatic carbocycles. The second-order valence-electron chi connectivity index (χ2n) is 4.05. The van der Waals surface area contributed by atoms with Gasteiger partial charge in [-0.1, -0.05) is 48.0 Å². The van der Waals surface area contributed by atoms with Crippen molar-refractivity contribution in [3.05, 3.63) is 69.6 Å². The maximum atomic E-state index is 14.1. The largest absolute Gasteiger partial charge is 0.453 e. The zero-order valence-corrected chi connectivity index (χ0v) is 10.4. The van der Waals surface area contributed by atoms with Crippen LogP contribution in [0.4, 0.5) is 4.39 Å². The number of halogens is 2. The van der Waals surface area contributed by atoms with E-state index in [0.717, 1.165) is 0 Å². The summed E-state index contributed by atoms with van der Waals surface area (Å²) in [5.41, 5.74) is 0.0439. The number of fused-ring (bicyclic) bond motifs is 1. The standard InChI is InChI=1S/C15H8ClFO2/c16-10-7-4-8-11-12(10)14(18)13(17)15(19-11)9-5-2-1-3-6-9/h1-8H. The van der Waals surface area contributed by atoms with E-state index in [-0.39, 0.29) is 21.8 Å². The van der Waals surface area contributed by atoms with Gasteiger partial charge in [0.2, 0.25) is 11.2 Å². The van der Waals surface area contributed by atoms with Gasteiger partial charge in [-0.2, -0.15) is 4.39 Å². The van der Waals surface area contributed by atoms with Gasteiger partial charge in [0.1, 0.15) is 5.58 Å². The highest BCUT2D eigenvalue weighted by Crippen LogP contribution is 2.27. The normalized spacial score (nSPS) is 10.8. The first-order chi connectivity index (χ1) is 9.18. The van der Waals surface area contributed by atoms with Crippen LogP contribution in [-0.2, 0) is 0 Å². The summed E-state index contributed by atoms with van der Waals surface area (Å²) in [6.45, 7) is 0. The van der Waals surface area contributed by atoms with E-state index >= 15 is 0 Å². The summed E-state index contributed by atoms with van der Waals surface area (Å²) in [5, 5.41) is 0.256. The fourth-order valence-corrected chi connectivity index (χ4v) is 2.20. The van der Waals surface area contributed by atoms with E-state index in [9.17, 15) is 9.18 Å². The van der Waals surface area contributed by atoms with Crippen molar-refractivity contribution in [2.24, 2.45) is 0 Å². The van der Waals surface area contributed by atoms with Crippen molar-refractivity contribution in [2.75, 3.05) is 0 Å². The molecule has 0 spiro atoms. The van der Waals surface area contributed by atoms with Crippen LogP contribution in [0, 0.1) is 5.82 Å². The first kappa shape index (κ1) is 11.9. The maximum absolute atomic E-state index is 14.1. The summed E-state index contributed by atoms with van der Waals surface area (Å²) in [7, 11) is 0. The Morgan fingerprint density at radius 1 is 1.00 bits per heavy atom. The molecule has 0 atom stereocenters. The lowest BCUT2D eigenvalue weighted by molar-refractivity contribution is 0.535. The predicted molar refractivity (Wildman–Crippen MR) is 72.9 cm³/mol. The molecule has 3 aromatic rings. The van der Waals surface area contributed by atoms with Gasteiger partial charge in [-0.05, 0) is 12.1 Å². The highest BCUT2D eigenvalue weighted by atomic mass is 35.5. The summed E-state index contributed by atoms with van der Waals surface area (Å²) < 4.78 is 19.6. The van der Waals surface area contributed by atoms with E-state index in [1.807, 2.05) is 0 Å². The molecule has 0 radical (unpaired) electrons. The Bertz CT molecular complexity index is 809. The molecule has 4 heteroatoms. The van der Waals surface area contributed by atoms with Crippen molar-refractivity contribution in [2.45, 2.75) is 0 Å². The molecule has 3 rings (SSSR count). The summed E-state index contributed by atoms with van der Waals surface area (Å²) in [6, 6.07) is 13.4. The average molecular weight is 275 g/mol. The van der Waals surface area contributed by atoms with Gasteiger partial charge in [-0.25, -0.2) is 0 Å². The molecule has 0 fully saturated rings. The fraction of sp³-hybridized carbons (Fsp3) is 0. The number of hydrogen-bond donors (Lipinski definition) is 0. The smallest absolute Gasteiger partial charge is 0.230 e. The van der Waals surface area contributed by atoms with Crippen LogP contribution < -0.4 is 5.43 Å². The van der Waals surface area contributed by atoms with Crippen molar-refractivity contribution in [3.8, 4) is 11.3 Å². The minimum absolute atomic E-state index is 0.0691. The third-order valence-electron chi connectivity index (χ3n) is 2.85. The summed E-state index contributed by atoms with van der Waals surface area (Å²) in [5.74, 6) is -0.993. The van der Waals surface area contributed by atoms with Gasteiger partial charge in [0.25, 0.3) is 0 Å². The van der Waals surface area contributed by atoms with Crippen LogP contribution in [0.5, 0.6) is 0 Å². The molecule has 0 bridgehead atoms. The third kappa shape index (κ3) is 1.92. The fourth-order valence-electron chi connectivity index (χ4n) is 1.95. The SMILES string of the molecule is O=c1c(F)c(-c2ccccc2)oc2cccc(Cl)c12. The molecular formula is C15H8ClFO2. The Balaban J connectivity index is 2.41. The van der Waals surface area contributed by atoms with Crippen molar-refractivity contribution in [3.63, 3.8) is 0 Å². The van der Waals surface area contributed by atoms with Gasteiger partial charge in [0.05, 0.1) is 10.4 Å². The molecule has 2 aromatic carbocycles. The Labute approximate surface area is 113 Å². The molecular weight excluding hydrogens is 267 g/mol. The van der Waals surface area contributed by atoms with Crippen molar-refractivity contribution in [1.29, 1.82) is 0 Å². The monoisotopic (exact) mass is 274 g/mol. The first-order valence-corrected chi connectivity index (χ1v) is 6.02. The Hall–Kier alpha value is -2.13. The molecule has 1 heterocycles.